The van der Waals surface area contributed by atoms with Gasteiger partial charge in [0, 0.05) is 21.8 Å². The topological polar surface area (TPSA) is 89.8 Å². The fourth-order valence-corrected chi connectivity index (χ4v) is 6.57. The quantitative estimate of drug-likeness (QED) is 0.339. The monoisotopic (exact) mass is 656 g/mol. The number of benzene rings is 3. The van der Waals surface area contributed by atoms with E-state index in [-0.39, 0.29) is 18.9 Å². The predicted molar refractivity (Wildman–Crippen MR) is 156 cm³/mol. The zero-order valence-electron chi connectivity index (χ0n) is 21.4. The zero-order chi connectivity index (χ0) is 27.2. The Morgan fingerprint density at radius 1 is 1.10 bits per heavy atom. The Morgan fingerprint density at radius 3 is 2.49 bits per heavy atom. The van der Waals surface area contributed by atoms with Crippen LogP contribution in [0.5, 0.6) is 0 Å². The molecule has 5 rings (SSSR count). The molecule has 2 fully saturated rings. The third-order valence-corrected chi connectivity index (χ3v) is 8.87. The summed E-state index contributed by atoms with van der Waals surface area (Å²) in [5.41, 5.74) is 1.49. The fourth-order valence-electron chi connectivity index (χ4n) is 4.83. The molecule has 0 aromatic heterocycles. The molecule has 7 nitrogen and oxygen atoms in total. The van der Waals surface area contributed by atoms with Crippen molar-refractivity contribution in [2.75, 3.05) is 6.61 Å². The van der Waals surface area contributed by atoms with Gasteiger partial charge in [-0.1, -0.05) is 78.5 Å². The van der Waals surface area contributed by atoms with Crippen molar-refractivity contribution in [1.29, 1.82) is 5.26 Å². The van der Waals surface area contributed by atoms with Gasteiger partial charge in [0.1, 0.15) is 29.8 Å². The van der Waals surface area contributed by atoms with Crippen molar-refractivity contribution in [2.45, 2.75) is 60.4 Å². The molecule has 0 aliphatic carbocycles. The molecule has 202 valence electrons. The van der Waals surface area contributed by atoms with Gasteiger partial charge in [0.25, 0.3) is 5.79 Å². The third-order valence-electron chi connectivity index (χ3n) is 6.66. The van der Waals surface area contributed by atoms with Crippen LogP contribution in [0.25, 0.3) is 0 Å². The summed E-state index contributed by atoms with van der Waals surface area (Å²) in [6.07, 6.45) is -1.48. The number of nitrogens with zero attached hydrogens (tertiary/aromatic N) is 1. The summed E-state index contributed by atoms with van der Waals surface area (Å²) in [5.74, 6) is -1.74. The van der Waals surface area contributed by atoms with E-state index in [9.17, 15) is 10.1 Å². The number of thioether (sulfide) groups is 1. The van der Waals surface area contributed by atoms with Crippen LogP contribution in [-0.4, -0.2) is 48.1 Å². The number of nitriles is 1. The third kappa shape index (κ3) is 6.82. The lowest BCUT2D eigenvalue weighted by Crippen LogP contribution is -2.69. The van der Waals surface area contributed by atoms with Crippen molar-refractivity contribution in [1.82, 2.24) is 5.32 Å². The number of ether oxygens (including phenoxy) is 4. The van der Waals surface area contributed by atoms with Crippen molar-refractivity contribution in [3.63, 3.8) is 0 Å². The molecule has 0 bridgehead atoms. The minimum Gasteiger partial charge on any atom is -0.368 e. The van der Waals surface area contributed by atoms with Crippen LogP contribution in [0, 0.1) is 14.9 Å². The van der Waals surface area contributed by atoms with Crippen LogP contribution in [0.1, 0.15) is 18.1 Å². The number of nitrogens with one attached hydrogen (secondary N) is 1. The summed E-state index contributed by atoms with van der Waals surface area (Å²) in [6, 6.07) is 29.3. The standard InChI is InChI=1S/C30H29IN2O5S/c1-20(34)33-26-27-25(18-36-30(19-32,38-27)16-22-12-8-9-15-24(22)31)37-29(39-23-13-6-3-7-14-23)28(26)35-17-21-10-4-2-5-11-21/h2-15,25-29H,16-18H2,1H3,(H,33,34)/t25-,26+,27-,28+,29-,30+/m1/s1. The number of hydrogen-bond acceptors (Lipinski definition) is 7. The molecule has 1 N–H and O–H groups in total. The zero-order valence-corrected chi connectivity index (χ0v) is 24.3. The minimum absolute atomic E-state index is 0.148. The Balaban J connectivity index is 1.45. The highest BCUT2D eigenvalue weighted by Gasteiger charge is 2.55. The highest BCUT2D eigenvalue weighted by molar-refractivity contribution is 14.1. The van der Waals surface area contributed by atoms with Gasteiger partial charge in [-0.05, 0) is 51.9 Å². The van der Waals surface area contributed by atoms with Gasteiger partial charge in [-0.25, -0.2) is 0 Å². The van der Waals surface area contributed by atoms with Crippen molar-refractivity contribution in [3.05, 3.63) is 99.6 Å². The molecular weight excluding hydrogens is 627 g/mol. The number of carbonyl (C=O) groups excluding carboxylic acids is 1. The van der Waals surface area contributed by atoms with Crippen LogP contribution in [0.15, 0.2) is 89.8 Å². The lowest BCUT2D eigenvalue weighted by atomic mass is 9.94. The second kappa shape index (κ2) is 12.8. The fraction of sp³-hybridized carbons (Fsp3) is 0.333. The summed E-state index contributed by atoms with van der Waals surface area (Å²) >= 11 is 3.77. The highest BCUT2D eigenvalue weighted by atomic mass is 127. The van der Waals surface area contributed by atoms with E-state index in [1.807, 2.05) is 84.9 Å². The van der Waals surface area contributed by atoms with Crippen molar-refractivity contribution in [2.24, 2.45) is 0 Å². The first-order valence-electron chi connectivity index (χ1n) is 12.7. The minimum atomic E-state index is -1.52. The maximum absolute atomic E-state index is 12.5. The second-order valence-corrected chi connectivity index (χ2v) is 11.8. The molecule has 9 heteroatoms. The Bertz CT molecular complexity index is 1310. The van der Waals surface area contributed by atoms with E-state index >= 15 is 0 Å². The SMILES string of the molecule is CC(=O)N[C@@H]1[C@H](OCc2ccccc2)[C@@H](Sc2ccccc2)O[C@@H]2CO[C@@](C#N)(Cc3ccccc3I)O[C@@H]12. The van der Waals surface area contributed by atoms with E-state index in [4.69, 9.17) is 18.9 Å². The van der Waals surface area contributed by atoms with Crippen LogP contribution >= 0.6 is 34.4 Å². The van der Waals surface area contributed by atoms with E-state index in [0.717, 1.165) is 19.6 Å². The van der Waals surface area contributed by atoms with Gasteiger partial charge in [0.15, 0.2) is 0 Å². The molecule has 2 aliphatic rings. The molecule has 3 aromatic rings. The van der Waals surface area contributed by atoms with Crippen molar-refractivity contribution in [3.8, 4) is 6.07 Å². The molecule has 0 unspecified atom stereocenters. The molecule has 0 radical (unpaired) electrons. The van der Waals surface area contributed by atoms with Crippen molar-refractivity contribution >= 4 is 40.3 Å². The lowest BCUT2D eigenvalue weighted by Gasteiger charge is -2.51. The van der Waals surface area contributed by atoms with Crippen LogP contribution in [0.3, 0.4) is 0 Å². The lowest BCUT2D eigenvalue weighted by molar-refractivity contribution is -0.329. The Hall–Kier alpha value is -2.46. The number of halogens is 1. The van der Waals surface area contributed by atoms with Crippen LogP contribution in [-0.2, 0) is 36.8 Å². The average molecular weight is 657 g/mol. The first-order valence-corrected chi connectivity index (χ1v) is 14.7. The molecule has 2 saturated heterocycles. The van der Waals surface area contributed by atoms with Crippen molar-refractivity contribution < 1.29 is 23.7 Å². The number of fused-ring (bicyclic) bond motifs is 1. The molecule has 6 atom stereocenters. The maximum atomic E-state index is 12.5. The Labute approximate surface area is 246 Å². The van der Waals surface area contributed by atoms with E-state index in [1.165, 1.54) is 18.7 Å². The summed E-state index contributed by atoms with van der Waals surface area (Å²) in [4.78, 5) is 13.5. The summed E-state index contributed by atoms with van der Waals surface area (Å²) < 4.78 is 26.6. The van der Waals surface area contributed by atoms with Gasteiger partial charge in [0.2, 0.25) is 5.91 Å². The average Bonchev–Trinajstić information content (AvgIpc) is 2.95. The second-order valence-electron chi connectivity index (χ2n) is 9.49. The summed E-state index contributed by atoms with van der Waals surface area (Å²) in [7, 11) is 0. The molecule has 39 heavy (non-hydrogen) atoms. The van der Waals surface area contributed by atoms with Gasteiger partial charge in [-0.15, -0.1) is 0 Å². The number of carbonyl (C=O) groups is 1. The maximum Gasteiger partial charge on any atom is 0.264 e. The van der Waals surface area contributed by atoms with Crippen LogP contribution < -0.4 is 5.32 Å². The summed E-state index contributed by atoms with van der Waals surface area (Å²) in [5, 5.41) is 13.3. The molecule has 0 spiro atoms. The first-order chi connectivity index (χ1) is 19.0. The molecule has 2 heterocycles. The van der Waals surface area contributed by atoms with Crippen LogP contribution in [0.4, 0.5) is 0 Å². The van der Waals surface area contributed by atoms with E-state index in [1.54, 1.807) is 0 Å². The smallest absolute Gasteiger partial charge is 0.264 e. The van der Waals surface area contributed by atoms with Gasteiger partial charge < -0.3 is 24.3 Å². The predicted octanol–water partition coefficient (Wildman–Crippen LogP) is 5.08. The van der Waals surface area contributed by atoms with E-state index in [2.05, 4.69) is 34.0 Å². The molecule has 1 amide bonds. The molecular formula is C30H29IN2O5S. The summed E-state index contributed by atoms with van der Waals surface area (Å²) in [6.45, 7) is 1.95. The van der Waals surface area contributed by atoms with Crippen LogP contribution in [0.2, 0.25) is 0 Å². The van der Waals surface area contributed by atoms with Gasteiger partial charge >= 0.3 is 0 Å². The Morgan fingerprint density at radius 2 is 1.79 bits per heavy atom. The number of hydrogen-bond donors (Lipinski definition) is 1. The van der Waals surface area contributed by atoms with Gasteiger partial charge in [0.05, 0.1) is 19.3 Å². The molecule has 3 aromatic carbocycles. The van der Waals surface area contributed by atoms with E-state index in [0.29, 0.717) is 6.61 Å². The van der Waals surface area contributed by atoms with Gasteiger partial charge in [-0.3, -0.25) is 4.79 Å². The van der Waals surface area contributed by atoms with E-state index < -0.39 is 35.6 Å². The largest absolute Gasteiger partial charge is 0.368 e. The molecule has 2 aliphatic heterocycles. The normalized spacial score (nSPS) is 28.2. The number of amides is 1. The Kier molecular flexibility index (Phi) is 9.22. The highest BCUT2D eigenvalue weighted by Crippen LogP contribution is 2.40. The first kappa shape index (κ1) is 28.1. The van der Waals surface area contributed by atoms with Gasteiger partial charge in [-0.2, -0.15) is 5.26 Å². The number of rotatable bonds is 8. The molecule has 0 saturated carbocycles.